The van der Waals surface area contributed by atoms with Crippen LogP contribution in [0.25, 0.3) is 11.2 Å². The molecule has 4 rings (SSSR count). The van der Waals surface area contributed by atoms with Crippen LogP contribution in [-0.2, 0) is 6.61 Å². The Labute approximate surface area is 126 Å². The van der Waals surface area contributed by atoms with Crippen LogP contribution in [0, 0.1) is 0 Å². The first kappa shape index (κ1) is 13.1. The Morgan fingerprint density at radius 3 is 2.86 bits per heavy atom. The molecule has 22 heavy (non-hydrogen) atoms. The Bertz CT molecular complexity index is 773. The van der Waals surface area contributed by atoms with Crippen molar-refractivity contribution in [3.05, 3.63) is 24.5 Å². The van der Waals surface area contributed by atoms with Crippen LogP contribution in [0.2, 0.25) is 0 Å². The van der Waals surface area contributed by atoms with Gasteiger partial charge in [-0.2, -0.15) is 0 Å². The molecule has 0 aliphatic carbocycles. The number of nitrogens with one attached hydrogen (secondary N) is 1. The molecule has 114 valence electrons. The van der Waals surface area contributed by atoms with E-state index in [0.29, 0.717) is 17.4 Å². The molecule has 1 aliphatic rings. The SMILES string of the molecule is OCc1cn(C2CCN(c3ncnc4nc[nH]c34)CC2)nn1. The molecule has 9 heteroatoms. The van der Waals surface area contributed by atoms with Gasteiger partial charge >= 0.3 is 0 Å². The van der Waals surface area contributed by atoms with Crippen LogP contribution < -0.4 is 4.90 Å². The molecule has 0 bridgehead atoms. The van der Waals surface area contributed by atoms with Gasteiger partial charge in [0.2, 0.25) is 0 Å². The molecule has 0 atom stereocenters. The number of imidazole rings is 1. The molecule has 3 aromatic heterocycles. The number of aliphatic hydroxyl groups excluding tert-OH is 1. The lowest BCUT2D eigenvalue weighted by Gasteiger charge is -2.32. The summed E-state index contributed by atoms with van der Waals surface area (Å²) < 4.78 is 1.86. The Morgan fingerprint density at radius 2 is 2.09 bits per heavy atom. The van der Waals surface area contributed by atoms with Crippen molar-refractivity contribution in [3.8, 4) is 0 Å². The van der Waals surface area contributed by atoms with E-state index in [4.69, 9.17) is 5.11 Å². The first-order valence-electron chi connectivity index (χ1n) is 7.26. The van der Waals surface area contributed by atoms with Crippen LogP contribution in [0.3, 0.4) is 0 Å². The molecule has 0 amide bonds. The predicted molar refractivity (Wildman–Crippen MR) is 78.1 cm³/mol. The van der Waals surface area contributed by atoms with Crippen LogP contribution >= 0.6 is 0 Å². The van der Waals surface area contributed by atoms with Gasteiger partial charge in [-0.15, -0.1) is 5.10 Å². The fourth-order valence-corrected chi connectivity index (χ4v) is 2.90. The number of nitrogens with zero attached hydrogens (tertiary/aromatic N) is 7. The fraction of sp³-hybridized carbons (Fsp3) is 0.462. The van der Waals surface area contributed by atoms with Gasteiger partial charge < -0.3 is 15.0 Å². The minimum Gasteiger partial charge on any atom is -0.390 e. The minimum atomic E-state index is -0.0718. The lowest BCUT2D eigenvalue weighted by atomic mass is 10.1. The van der Waals surface area contributed by atoms with E-state index in [1.807, 2.05) is 10.9 Å². The van der Waals surface area contributed by atoms with Crippen LogP contribution in [0.5, 0.6) is 0 Å². The van der Waals surface area contributed by atoms with Crippen molar-refractivity contribution in [1.29, 1.82) is 0 Å². The van der Waals surface area contributed by atoms with Crippen LogP contribution in [-0.4, -0.2) is 53.1 Å². The number of H-pyrrole nitrogens is 1. The minimum absolute atomic E-state index is 0.0718. The number of hydrogen-bond acceptors (Lipinski definition) is 7. The number of fused-ring (bicyclic) bond motifs is 1. The predicted octanol–water partition coefficient (Wildman–Crippen LogP) is 0.278. The average Bonchev–Trinajstić information content (AvgIpc) is 3.23. The fourth-order valence-electron chi connectivity index (χ4n) is 2.90. The summed E-state index contributed by atoms with van der Waals surface area (Å²) in [4.78, 5) is 18.1. The van der Waals surface area contributed by atoms with Crippen molar-refractivity contribution in [1.82, 2.24) is 34.9 Å². The van der Waals surface area contributed by atoms with Gasteiger partial charge in [0.25, 0.3) is 0 Å². The highest BCUT2D eigenvalue weighted by molar-refractivity contribution is 5.82. The van der Waals surface area contributed by atoms with Crippen molar-refractivity contribution < 1.29 is 5.11 Å². The number of aromatic nitrogens is 7. The van der Waals surface area contributed by atoms with Crippen molar-refractivity contribution in [2.24, 2.45) is 0 Å². The van der Waals surface area contributed by atoms with Gasteiger partial charge in [0.15, 0.2) is 11.5 Å². The molecule has 0 spiro atoms. The summed E-state index contributed by atoms with van der Waals surface area (Å²) in [5, 5.41) is 17.1. The highest BCUT2D eigenvalue weighted by Gasteiger charge is 2.24. The number of rotatable bonds is 3. The maximum absolute atomic E-state index is 9.07. The van der Waals surface area contributed by atoms with Gasteiger partial charge in [-0.1, -0.05) is 5.21 Å². The van der Waals surface area contributed by atoms with Crippen molar-refractivity contribution >= 4 is 17.0 Å². The Kier molecular flexibility index (Phi) is 3.19. The molecule has 1 fully saturated rings. The monoisotopic (exact) mass is 300 g/mol. The number of piperidine rings is 1. The van der Waals surface area contributed by atoms with E-state index in [9.17, 15) is 0 Å². The van der Waals surface area contributed by atoms with Crippen molar-refractivity contribution in [2.45, 2.75) is 25.5 Å². The molecule has 4 heterocycles. The first-order chi connectivity index (χ1) is 10.8. The molecule has 2 N–H and O–H groups in total. The summed E-state index contributed by atoms with van der Waals surface area (Å²) in [6.45, 7) is 1.69. The topological polar surface area (TPSA) is 109 Å². The third-order valence-corrected chi connectivity index (χ3v) is 4.06. The van der Waals surface area contributed by atoms with Gasteiger partial charge in [0, 0.05) is 13.1 Å². The summed E-state index contributed by atoms with van der Waals surface area (Å²) in [7, 11) is 0. The van der Waals surface area contributed by atoms with Crippen LogP contribution in [0.1, 0.15) is 24.6 Å². The number of hydrogen-bond donors (Lipinski definition) is 2. The van der Waals surface area contributed by atoms with Crippen LogP contribution in [0.4, 0.5) is 5.82 Å². The van der Waals surface area contributed by atoms with Gasteiger partial charge in [-0.05, 0) is 12.8 Å². The lowest BCUT2D eigenvalue weighted by Crippen LogP contribution is -2.35. The maximum Gasteiger partial charge on any atom is 0.182 e. The highest BCUT2D eigenvalue weighted by Crippen LogP contribution is 2.27. The molecule has 1 saturated heterocycles. The standard InChI is InChI=1S/C13H16N8O/c22-6-9-5-21(19-18-9)10-1-3-20(4-2-10)13-11-12(15-7-14-11)16-8-17-13/h5,7-8,10,22H,1-4,6H2,(H,14,15,16,17). The average molecular weight is 300 g/mol. The number of anilines is 1. The van der Waals surface area contributed by atoms with E-state index < -0.39 is 0 Å². The Morgan fingerprint density at radius 1 is 1.23 bits per heavy atom. The number of aromatic amines is 1. The van der Waals surface area contributed by atoms with E-state index >= 15 is 0 Å². The second kappa shape index (κ2) is 5.34. The summed E-state index contributed by atoms with van der Waals surface area (Å²) in [6.07, 6.45) is 6.91. The molecule has 1 aliphatic heterocycles. The summed E-state index contributed by atoms with van der Waals surface area (Å²) in [5.74, 6) is 0.899. The highest BCUT2D eigenvalue weighted by atomic mass is 16.3. The molecule has 0 saturated carbocycles. The third kappa shape index (κ3) is 2.19. The van der Waals surface area contributed by atoms with Crippen molar-refractivity contribution in [2.75, 3.05) is 18.0 Å². The van der Waals surface area contributed by atoms with E-state index in [-0.39, 0.29) is 6.61 Å². The molecule has 0 unspecified atom stereocenters. The third-order valence-electron chi connectivity index (χ3n) is 4.06. The first-order valence-corrected chi connectivity index (χ1v) is 7.26. The molecular weight excluding hydrogens is 284 g/mol. The van der Waals surface area contributed by atoms with Gasteiger partial charge in [0.1, 0.15) is 17.5 Å². The van der Waals surface area contributed by atoms with Gasteiger partial charge in [-0.25, -0.2) is 19.6 Å². The summed E-state index contributed by atoms with van der Waals surface area (Å²) in [5.41, 5.74) is 2.18. The van der Waals surface area contributed by atoms with Gasteiger partial charge in [-0.3, -0.25) is 0 Å². The normalized spacial score (nSPS) is 16.5. The zero-order valence-electron chi connectivity index (χ0n) is 11.9. The van der Waals surface area contributed by atoms with E-state index in [0.717, 1.165) is 37.3 Å². The smallest absolute Gasteiger partial charge is 0.182 e. The Hall–Kier alpha value is -2.55. The molecule has 0 aromatic carbocycles. The molecule has 9 nitrogen and oxygen atoms in total. The molecule has 3 aromatic rings. The van der Waals surface area contributed by atoms with Crippen LogP contribution in [0.15, 0.2) is 18.9 Å². The lowest BCUT2D eigenvalue weighted by molar-refractivity contribution is 0.276. The zero-order chi connectivity index (χ0) is 14.9. The summed E-state index contributed by atoms with van der Waals surface area (Å²) in [6, 6.07) is 0.308. The van der Waals surface area contributed by atoms with E-state index in [2.05, 4.69) is 35.1 Å². The second-order valence-corrected chi connectivity index (χ2v) is 5.36. The van der Waals surface area contributed by atoms with E-state index in [1.165, 1.54) is 0 Å². The maximum atomic E-state index is 9.07. The van der Waals surface area contributed by atoms with E-state index in [1.54, 1.807) is 12.7 Å². The Balaban J connectivity index is 1.51. The van der Waals surface area contributed by atoms with Gasteiger partial charge in [0.05, 0.1) is 25.2 Å². The largest absolute Gasteiger partial charge is 0.390 e. The zero-order valence-corrected chi connectivity index (χ0v) is 11.9. The molecular formula is C13H16N8O. The van der Waals surface area contributed by atoms with Crippen molar-refractivity contribution in [3.63, 3.8) is 0 Å². The quantitative estimate of drug-likeness (QED) is 0.715. The number of aliphatic hydroxyl groups is 1. The second-order valence-electron chi connectivity index (χ2n) is 5.36. The summed E-state index contributed by atoms with van der Waals surface area (Å²) >= 11 is 0. The molecule has 0 radical (unpaired) electrons.